The van der Waals surface area contributed by atoms with Crippen LogP contribution in [0, 0.1) is 13.8 Å². The monoisotopic (exact) mass is 395 g/mol. The summed E-state index contributed by atoms with van der Waals surface area (Å²) < 4.78 is 9.23. The summed E-state index contributed by atoms with van der Waals surface area (Å²) in [5.74, 6) is 1.13. The quantitative estimate of drug-likeness (QED) is 0.612. The fourth-order valence-corrected chi connectivity index (χ4v) is 3.19. The normalized spacial score (nSPS) is 11.1. The molecule has 3 rings (SSSR count). The van der Waals surface area contributed by atoms with Crippen LogP contribution in [0.4, 0.5) is 0 Å². The number of nitrogens with zero attached hydrogens (tertiary/aromatic N) is 5. The molecular weight excluding hydrogens is 366 g/mol. The Kier molecular flexibility index (Phi) is 6.06. The molecule has 0 aliphatic rings. The Morgan fingerprint density at radius 1 is 1.14 bits per heavy atom. The van der Waals surface area contributed by atoms with E-state index in [4.69, 9.17) is 4.74 Å². The Labute approximate surface area is 171 Å². The predicted molar refractivity (Wildman–Crippen MR) is 112 cm³/mol. The van der Waals surface area contributed by atoms with Crippen LogP contribution in [-0.4, -0.2) is 37.4 Å². The molecule has 7 nitrogen and oxygen atoms in total. The second-order valence-electron chi connectivity index (χ2n) is 7.67. The average molecular weight is 396 g/mol. The van der Waals surface area contributed by atoms with E-state index in [1.165, 1.54) is 5.56 Å². The van der Waals surface area contributed by atoms with Crippen molar-refractivity contribution in [2.75, 3.05) is 7.05 Å². The largest absolute Gasteiger partial charge is 0.471 e. The van der Waals surface area contributed by atoms with Gasteiger partial charge in [0.1, 0.15) is 5.75 Å². The molecular formula is C22H29N5O2. The Balaban J connectivity index is 1.60. The van der Waals surface area contributed by atoms with E-state index in [0.29, 0.717) is 18.2 Å². The summed E-state index contributed by atoms with van der Waals surface area (Å²) in [4.78, 5) is 14.4. The van der Waals surface area contributed by atoms with Crippen molar-refractivity contribution in [2.45, 2.75) is 46.9 Å². The average Bonchev–Trinajstić information content (AvgIpc) is 3.26. The molecule has 0 atom stereocenters. The molecule has 1 amide bonds. The lowest BCUT2D eigenvalue weighted by Crippen LogP contribution is -2.27. The molecule has 1 aromatic carbocycles. The van der Waals surface area contributed by atoms with Gasteiger partial charge in [-0.2, -0.15) is 10.2 Å². The highest BCUT2D eigenvalue weighted by atomic mass is 16.5. The van der Waals surface area contributed by atoms with Crippen molar-refractivity contribution in [1.29, 1.82) is 0 Å². The SMILES string of the molecule is Cc1nn(C)c(C)c1CN(C)C(=O)c1ccn(COc2ccc(C(C)C)cc2)n1. The Bertz CT molecular complexity index is 985. The standard InChI is InChI=1S/C22H29N5O2/c1-15(2)18-7-9-19(10-8-18)29-14-27-12-11-21(24-27)22(28)25(5)13-20-16(3)23-26(6)17(20)4/h7-12,15H,13-14H2,1-6H3. The van der Waals surface area contributed by atoms with Gasteiger partial charge >= 0.3 is 0 Å². The number of ether oxygens (including phenoxy) is 1. The van der Waals surface area contributed by atoms with Crippen molar-refractivity contribution in [2.24, 2.45) is 7.05 Å². The number of rotatable bonds is 7. The van der Waals surface area contributed by atoms with Gasteiger partial charge in [-0.25, -0.2) is 4.68 Å². The second-order valence-corrected chi connectivity index (χ2v) is 7.67. The summed E-state index contributed by atoms with van der Waals surface area (Å²) in [6.45, 7) is 9.03. The highest BCUT2D eigenvalue weighted by molar-refractivity contribution is 5.92. The lowest BCUT2D eigenvalue weighted by atomic mass is 10.0. The smallest absolute Gasteiger partial charge is 0.274 e. The maximum Gasteiger partial charge on any atom is 0.274 e. The molecule has 0 saturated carbocycles. The molecule has 0 saturated heterocycles. The minimum Gasteiger partial charge on any atom is -0.471 e. The van der Waals surface area contributed by atoms with E-state index in [2.05, 4.69) is 36.2 Å². The molecule has 0 bridgehead atoms. The number of hydrogen-bond donors (Lipinski definition) is 0. The lowest BCUT2D eigenvalue weighted by molar-refractivity contribution is 0.0776. The van der Waals surface area contributed by atoms with E-state index < -0.39 is 0 Å². The third-order valence-corrected chi connectivity index (χ3v) is 5.17. The minimum absolute atomic E-state index is 0.132. The molecule has 154 valence electrons. The van der Waals surface area contributed by atoms with Crippen molar-refractivity contribution in [3.63, 3.8) is 0 Å². The molecule has 3 aromatic rings. The molecule has 0 aliphatic heterocycles. The summed E-state index contributed by atoms with van der Waals surface area (Å²) in [5.41, 5.74) is 4.73. The van der Waals surface area contributed by atoms with Crippen molar-refractivity contribution < 1.29 is 9.53 Å². The van der Waals surface area contributed by atoms with Gasteiger partial charge in [-0.15, -0.1) is 0 Å². The first-order valence-electron chi connectivity index (χ1n) is 9.77. The summed E-state index contributed by atoms with van der Waals surface area (Å²) >= 11 is 0. The number of carbonyl (C=O) groups is 1. The Morgan fingerprint density at radius 2 is 1.83 bits per heavy atom. The summed E-state index contributed by atoms with van der Waals surface area (Å²) in [7, 11) is 3.69. The summed E-state index contributed by atoms with van der Waals surface area (Å²) in [6, 6.07) is 9.76. The van der Waals surface area contributed by atoms with Crippen LogP contribution in [-0.2, 0) is 20.3 Å². The predicted octanol–water partition coefficient (Wildman–Crippen LogP) is 3.67. The fraction of sp³-hybridized carbons (Fsp3) is 0.409. The van der Waals surface area contributed by atoms with Crippen LogP contribution in [0.2, 0.25) is 0 Å². The zero-order chi connectivity index (χ0) is 21.1. The highest BCUT2D eigenvalue weighted by Gasteiger charge is 2.18. The topological polar surface area (TPSA) is 65.2 Å². The van der Waals surface area contributed by atoms with E-state index in [1.54, 1.807) is 28.9 Å². The van der Waals surface area contributed by atoms with Gasteiger partial charge in [-0.05, 0) is 43.5 Å². The van der Waals surface area contributed by atoms with Gasteiger partial charge < -0.3 is 9.64 Å². The number of hydrogen-bond acceptors (Lipinski definition) is 4. The number of benzene rings is 1. The molecule has 0 spiro atoms. The molecule has 0 radical (unpaired) electrons. The fourth-order valence-electron chi connectivity index (χ4n) is 3.19. The number of carbonyl (C=O) groups excluding carboxylic acids is 1. The highest BCUT2D eigenvalue weighted by Crippen LogP contribution is 2.19. The summed E-state index contributed by atoms with van der Waals surface area (Å²) in [5, 5.41) is 8.77. The first-order valence-corrected chi connectivity index (χ1v) is 9.77. The van der Waals surface area contributed by atoms with Crippen LogP contribution < -0.4 is 4.74 Å². The molecule has 0 unspecified atom stereocenters. The number of amides is 1. The first kappa shape index (κ1) is 20.6. The Morgan fingerprint density at radius 3 is 2.41 bits per heavy atom. The molecule has 2 heterocycles. The minimum atomic E-state index is -0.132. The van der Waals surface area contributed by atoms with Crippen LogP contribution >= 0.6 is 0 Å². The second kappa shape index (κ2) is 8.51. The molecule has 2 aromatic heterocycles. The molecule has 0 N–H and O–H groups in total. The van der Waals surface area contributed by atoms with Crippen LogP contribution in [0.15, 0.2) is 36.5 Å². The first-order chi connectivity index (χ1) is 13.8. The van der Waals surface area contributed by atoms with Gasteiger partial charge in [0.25, 0.3) is 5.91 Å². The Hall–Kier alpha value is -3.09. The number of aryl methyl sites for hydroxylation is 2. The van der Waals surface area contributed by atoms with Gasteiger partial charge in [-0.1, -0.05) is 26.0 Å². The maximum absolute atomic E-state index is 12.7. The van der Waals surface area contributed by atoms with Gasteiger partial charge in [0, 0.05) is 38.1 Å². The van der Waals surface area contributed by atoms with Gasteiger partial charge in [0.2, 0.25) is 0 Å². The van der Waals surface area contributed by atoms with Crippen LogP contribution in [0.25, 0.3) is 0 Å². The summed E-state index contributed by atoms with van der Waals surface area (Å²) in [6.07, 6.45) is 1.75. The molecule has 0 aliphatic carbocycles. The van der Waals surface area contributed by atoms with Gasteiger partial charge in [0.15, 0.2) is 12.4 Å². The maximum atomic E-state index is 12.7. The van der Waals surface area contributed by atoms with Crippen molar-refractivity contribution >= 4 is 5.91 Å². The zero-order valence-corrected chi connectivity index (χ0v) is 18.0. The van der Waals surface area contributed by atoms with E-state index in [-0.39, 0.29) is 12.6 Å². The van der Waals surface area contributed by atoms with E-state index in [1.807, 2.05) is 37.7 Å². The zero-order valence-electron chi connectivity index (χ0n) is 18.0. The molecule has 29 heavy (non-hydrogen) atoms. The van der Waals surface area contributed by atoms with E-state index in [0.717, 1.165) is 22.7 Å². The molecule has 7 heteroatoms. The van der Waals surface area contributed by atoms with Crippen LogP contribution in [0.1, 0.15) is 52.8 Å². The van der Waals surface area contributed by atoms with E-state index >= 15 is 0 Å². The van der Waals surface area contributed by atoms with Crippen molar-refractivity contribution in [3.8, 4) is 5.75 Å². The van der Waals surface area contributed by atoms with Crippen molar-refractivity contribution in [1.82, 2.24) is 24.5 Å². The van der Waals surface area contributed by atoms with Crippen molar-refractivity contribution in [3.05, 3.63) is 64.7 Å². The van der Waals surface area contributed by atoms with Gasteiger partial charge in [0.05, 0.1) is 5.69 Å². The van der Waals surface area contributed by atoms with Crippen LogP contribution in [0.5, 0.6) is 5.75 Å². The van der Waals surface area contributed by atoms with E-state index in [9.17, 15) is 4.79 Å². The lowest BCUT2D eigenvalue weighted by Gasteiger charge is -2.16. The number of aromatic nitrogens is 4. The van der Waals surface area contributed by atoms with Gasteiger partial charge in [-0.3, -0.25) is 9.48 Å². The van der Waals surface area contributed by atoms with Crippen LogP contribution in [0.3, 0.4) is 0 Å². The third-order valence-electron chi connectivity index (χ3n) is 5.17. The third kappa shape index (κ3) is 4.67. The molecule has 0 fully saturated rings.